The Balaban J connectivity index is 4.16. The van der Waals surface area contributed by atoms with Gasteiger partial charge in [-0.05, 0) is 12.8 Å². The van der Waals surface area contributed by atoms with Crippen molar-refractivity contribution in [3.8, 4) is 0 Å². The normalized spacial score (nSPS) is 13.7. The molecule has 1 unspecified atom stereocenters. The average molecular weight is 849 g/mol. The van der Waals surface area contributed by atoms with Gasteiger partial charge in [-0.2, -0.15) is 0 Å². The Morgan fingerprint density at radius 2 is 0.741 bits per heavy atom. The van der Waals surface area contributed by atoms with E-state index in [1.54, 1.807) is 0 Å². The quantitative estimate of drug-likeness (QED) is 0.0307. The summed E-state index contributed by atoms with van der Waals surface area (Å²) in [6, 6.07) is 0. The number of rotatable bonds is 47. The second-order valence-electron chi connectivity index (χ2n) is 16.9. The van der Waals surface area contributed by atoms with Gasteiger partial charge in [0.25, 0.3) is 0 Å². The molecule has 0 aromatic carbocycles. The zero-order chi connectivity index (χ0) is 42.6. The van der Waals surface area contributed by atoms with Crippen LogP contribution in [0.2, 0.25) is 0 Å². The minimum Gasteiger partial charge on any atom is -0.462 e. The summed E-state index contributed by atoms with van der Waals surface area (Å²) in [5.41, 5.74) is 0. The van der Waals surface area contributed by atoms with Crippen molar-refractivity contribution in [2.24, 2.45) is 0 Å². The van der Waals surface area contributed by atoms with E-state index in [9.17, 15) is 24.2 Å². The maximum Gasteiger partial charge on any atom is 0.472 e. The molecule has 0 aromatic rings. The minimum absolute atomic E-state index is 0.193. The molecule has 58 heavy (non-hydrogen) atoms. The van der Waals surface area contributed by atoms with Crippen LogP contribution < -0.4 is 0 Å². The summed E-state index contributed by atoms with van der Waals surface area (Å²) >= 11 is 0. The fourth-order valence-electron chi connectivity index (χ4n) is 7.23. The Bertz CT molecular complexity index is 935. The van der Waals surface area contributed by atoms with E-state index in [1.807, 2.05) is 0 Å². The second-order valence-corrected chi connectivity index (χ2v) is 18.3. The van der Waals surface area contributed by atoms with Crippen LogP contribution >= 0.6 is 7.82 Å². The van der Waals surface area contributed by atoms with Gasteiger partial charge in [-0.3, -0.25) is 18.6 Å². The van der Waals surface area contributed by atoms with E-state index in [4.69, 9.17) is 23.6 Å². The lowest BCUT2D eigenvalue weighted by Gasteiger charge is -2.20. The number of phosphoric acid groups is 1. The number of phosphoric ester groups is 1. The van der Waals surface area contributed by atoms with Crippen LogP contribution in [0.4, 0.5) is 0 Å². The van der Waals surface area contributed by atoms with Crippen molar-refractivity contribution >= 4 is 19.8 Å². The number of ether oxygens (including phenoxy) is 2. The van der Waals surface area contributed by atoms with Crippen LogP contribution in [0.25, 0.3) is 0 Å². The number of aliphatic hydroxyl groups excluding tert-OH is 2. The van der Waals surface area contributed by atoms with Gasteiger partial charge in [-0.15, -0.1) is 0 Å². The molecule has 0 aromatic heterocycles. The third kappa shape index (κ3) is 43.1. The molecule has 0 aliphatic heterocycles. The molecule has 346 valence electrons. The van der Waals surface area contributed by atoms with Crippen LogP contribution in [0, 0.1) is 0 Å². The molecule has 0 spiro atoms. The highest BCUT2D eigenvalue weighted by atomic mass is 31.2. The summed E-state index contributed by atoms with van der Waals surface area (Å²) in [7, 11) is -4.61. The van der Waals surface area contributed by atoms with Crippen LogP contribution in [-0.4, -0.2) is 65.7 Å². The first-order valence-electron chi connectivity index (χ1n) is 24.5. The second kappa shape index (κ2) is 44.0. The van der Waals surface area contributed by atoms with E-state index in [-0.39, 0.29) is 19.4 Å². The fourth-order valence-corrected chi connectivity index (χ4v) is 8.02. The number of unbranched alkanes of at least 4 members (excludes halogenated alkanes) is 33. The predicted molar refractivity (Wildman–Crippen MR) is 238 cm³/mol. The molecule has 0 saturated heterocycles. The van der Waals surface area contributed by atoms with E-state index < -0.39 is 51.8 Å². The smallest absolute Gasteiger partial charge is 0.462 e. The molecular weight excluding hydrogens is 755 g/mol. The Kier molecular flexibility index (Phi) is 43.3. The zero-order valence-electron chi connectivity index (χ0n) is 37.8. The van der Waals surface area contributed by atoms with Crippen molar-refractivity contribution in [3.05, 3.63) is 0 Å². The summed E-state index contributed by atoms with van der Waals surface area (Å²) in [6.45, 7) is 2.44. The van der Waals surface area contributed by atoms with E-state index >= 15 is 0 Å². The fraction of sp³-hybridized carbons (Fsp3) is 0.957. The standard InChI is InChI=1S/C47H93O10P/c1-3-5-7-9-11-13-15-17-19-21-22-23-25-27-29-31-33-35-37-39-47(51)57-45(43-56-58(52,53)55-41-44(49)40-48)42-54-46(50)38-36-34-32-30-28-26-24-20-18-16-14-12-10-8-6-4-2/h44-45,48-49H,3-43H2,1-2H3,(H,52,53)/t44-,45+/m0/s1. The van der Waals surface area contributed by atoms with Crippen molar-refractivity contribution in [2.75, 3.05) is 26.4 Å². The lowest BCUT2D eigenvalue weighted by molar-refractivity contribution is -0.161. The SMILES string of the molecule is CCCCCCCCCCCCCCCCCCCCCC(=O)O[C@H](COC(=O)CCCCCCCCCCCCCCCCCC)COP(=O)(O)OC[C@@H](O)CO. The molecule has 0 fully saturated rings. The van der Waals surface area contributed by atoms with Gasteiger partial charge in [-0.1, -0.05) is 226 Å². The van der Waals surface area contributed by atoms with Crippen molar-refractivity contribution in [1.82, 2.24) is 0 Å². The van der Waals surface area contributed by atoms with Crippen molar-refractivity contribution < 1.29 is 47.8 Å². The average Bonchev–Trinajstić information content (AvgIpc) is 3.21. The molecule has 10 nitrogen and oxygen atoms in total. The first kappa shape index (κ1) is 57.0. The summed E-state index contributed by atoms with van der Waals surface area (Å²) in [5.74, 6) is -0.904. The van der Waals surface area contributed by atoms with Crippen LogP contribution in [0.5, 0.6) is 0 Å². The van der Waals surface area contributed by atoms with Crippen molar-refractivity contribution in [2.45, 2.75) is 264 Å². The van der Waals surface area contributed by atoms with Gasteiger partial charge in [0, 0.05) is 12.8 Å². The van der Waals surface area contributed by atoms with Gasteiger partial charge < -0.3 is 24.6 Å². The molecule has 0 saturated carbocycles. The Morgan fingerprint density at radius 1 is 0.448 bits per heavy atom. The van der Waals surface area contributed by atoms with Gasteiger partial charge in [0.1, 0.15) is 12.7 Å². The Labute approximate surface area is 356 Å². The molecule has 3 N–H and O–H groups in total. The number of hydrogen-bond donors (Lipinski definition) is 3. The summed E-state index contributed by atoms with van der Waals surface area (Å²) in [5, 5.41) is 18.4. The van der Waals surface area contributed by atoms with Crippen LogP contribution in [0.3, 0.4) is 0 Å². The highest BCUT2D eigenvalue weighted by Gasteiger charge is 2.27. The molecule has 0 amide bonds. The maximum atomic E-state index is 12.7. The predicted octanol–water partition coefficient (Wildman–Crippen LogP) is 13.4. The Hall–Kier alpha value is -1.03. The summed E-state index contributed by atoms with van der Waals surface area (Å²) < 4.78 is 32.8. The minimum atomic E-state index is -4.61. The highest BCUT2D eigenvalue weighted by Crippen LogP contribution is 2.43. The van der Waals surface area contributed by atoms with Crippen molar-refractivity contribution in [3.63, 3.8) is 0 Å². The molecule has 3 atom stereocenters. The van der Waals surface area contributed by atoms with Gasteiger partial charge >= 0.3 is 19.8 Å². The topological polar surface area (TPSA) is 149 Å². The van der Waals surface area contributed by atoms with E-state index in [0.717, 1.165) is 32.1 Å². The first-order chi connectivity index (χ1) is 28.2. The third-order valence-electron chi connectivity index (χ3n) is 11.0. The van der Waals surface area contributed by atoms with Crippen molar-refractivity contribution in [1.29, 1.82) is 0 Å². The number of hydrogen-bond acceptors (Lipinski definition) is 9. The molecule has 11 heteroatoms. The summed E-state index contributed by atoms with van der Waals surface area (Å²) in [4.78, 5) is 35.1. The summed E-state index contributed by atoms with van der Waals surface area (Å²) in [6.07, 6.45) is 42.1. The molecule has 0 aliphatic rings. The lowest BCUT2D eigenvalue weighted by atomic mass is 10.0. The van der Waals surface area contributed by atoms with Crippen LogP contribution in [0.15, 0.2) is 0 Å². The first-order valence-corrected chi connectivity index (χ1v) is 26.0. The number of carbonyl (C=O) groups excluding carboxylic acids is 2. The van der Waals surface area contributed by atoms with Gasteiger partial charge in [0.15, 0.2) is 6.10 Å². The van der Waals surface area contributed by atoms with Crippen LogP contribution in [0.1, 0.15) is 251 Å². The van der Waals surface area contributed by atoms with E-state index in [2.05, 4.69) is 13.8 Å². The molecule has 0 heterocycles. The molecular formula is C47H93O10P. The van der Waals surface area contributed by atoms with E-state index in [1.165, 1.54) is 180 Å². The largest absolute Gasteiger partial charge is 0.472 e. The molecule has 0 radical (unpaired) electrons. The lowest BCUT2D eigenvalue weighted by Crippen LogP contribution is -2.29. The van der Waals surface area contributed by atoms with Crippen LogP contribution in [-0.2, 0) is 32.7 Å². The molecule has 0 rings (SSSR count). The number of esters is 2. The van der Waals surface area contributed by atoms with Gasteiger partial charge in [0.05, 0.1) is 19.8 Å². The number of carbonyl (C=O) groups is 2. The monoisotopic (exact) mass is 849 g/mol. The van der Waals surface area contributed by atoms with Gasteiger partial charge in [0.2, 0.25) is 0 Å². The maximum absolute atomic E-state index is 12.7. The van der Waals surface area contributed by atoms with E-state index in [0.29, 0.717) is 12.8 Å². The third-order valence-corrected chi connectivity index (χ3v) is 12.0. The highest BCUT2D eigenvalue weighted by molar-refractivity contribution is 7.47. The molecule has 0 bridgehead atoms. The van der Waals surface area contributed by atoms with Gasteiger partial charge in [-0.25, -0.2) is 4.57 Å². The number of aliphatic hydroxyl groups is 2. The zero-order valence-corrected chi connectivity index (χ0v) is 38.7. The molecule has 0 aliphatic carbocycles. The Morgan fingerprint density at radius 3 is 1.07 bits per heavy atom.